The van der Waals surface area contributed by atoms with E-state index in [0.29, 0.717) is 25.8 Å². The summed E-state index contributed by atoms with van der Waals surface area (Å²) in [6.45, 7) is 7.77. The minimum Gasteiger partial charge on any atom is -0.393 e. The van der Waals surface area contributed by atoms with Gasteiger partial charge in [-0.3, -0.25) is 9.59 Å². The monoisotopic (exact) mass is 539 g/mol. The van der Waals surface area contributed by atoms with E-state index < -0.39 is 35.2 Å². The van der Waals surface area contributed by atoms with E-state index in [1.54, 1.807) is 25.7 Å². The molecule has 0 spiro atoms. The van der Waals surface area contributed by atoms with Crippen LogP contribution in [0.2, 0.25) is 0 Å². The summed E-state index contributed by atoms with van der Waals surface area (Å²) in [5.41, 5.74) is -1.96. The molecule has 1 aliphatic carbocycles. The second kappa shape index (κ2) is 10.2. The van der Waals surface area contributed by atoms with Crippen LogP contribution in [0, 0.1) is 0 Å². The lowest BCUT2D eigenvalue weighted by Gasteiger charge is -2.23. The number of hydrogen-bond donors (Lipinski definition) is 3. The fourth-order valence-electron chi connectivity index (χ4n) is 4.78. The van der Waals surface area contributed by atoms with Crippen LogP contribution in [-0.4, -0.2) is 62.1 Å². The van der Waals surface area contributed by atoms with Crippen molar-refractivity contribution in [3.8, 4) is 10.4 Å². The minimum absolute atomic E-state index is 0.0390. The Morgan fingerprint density at radius 3 is 2.49 bits per heavy atom. The molecule has 8 nitrogen and oxygen atoms in total. The first-order valence-electron chi connectivity index (χ1n) is 12.4. The third-order valence-corrected chi connectivity index (χ3v) is 7.62. The zero-order chi connectivity index (χ0) is 27.1. The Hall–Kier alpha value is -2.73. The number of rotatable bonds is 5. The van der Waals surface area contributed by atoms with Crippen LogP contribution in [0.15, 0.2) is 12.3 Å². The van der Waals surface area contributed by atoms with Crippen molar-refractivity contribution >= 4 is 29.0 Å². The number of nitrogens with one attached hydrogen (secondary N) is 2. The van der Waals surface area contributed by atoms with Gasteiger partial charge in [0.2, 0.25) is 0 Å². The molecule has 37 heavy (non-hydrogen) atoms. The summed E-state index contributed by atoms with van der Waals surface area (Å²) in [6, 6.07) is 0.577. The first kappa shape index (κ1) is 27.3. The standard InChI is InChI=1S/C25H32F3N5O3S/c1-13-6-5-9-33(13)23(36)19-20(37-22(31-19)21(35)30-14-7-8-15(34)10-14)16-12-29-18(32-24(2,3)4)11-17(16)25(26,27)28/h11-15,34H,5-10H2,1-4H3,(H,29,32)(H,30,35)/t13-,14?,15-/m0/s1. The summed E-state index contributed by atoms with van der Waals surface area (Å²) < 4.78 is 42.7. The maximum Gasteiger partial charge on any atom is 0.417 e. The molecular weight excluding hydrogens is 507 g/mol. The van der Waals surface area contributed by atoms with Crippen molar-refractivity contribution in [3.05, 3.63) is 28.5 Å². The van der Waals surface area contributed by atoms with Crippen LogP contribution in [0.25, 0.3) is 10.4 Å². The molecule has 1 unspecified atom stereocenters. The average Bonchev–Trinajstić information content (AvgIpc) is 3.51. The Balaban J connectivity index is 1.78. The van der Waals surface area contributed by atoms with Gasteiger partial charge in [-0.2, -0.15) is 13.2 Å². The van der Waals surface area contributed by atoms with Crippen LogP contribution >= 0.6 is 11.3 Å². The van der Waals surface area contributed by atoms with Crippen molar-refractivity contribution in [1.29, 1.82) is 0 Å². The van der Waals surface area contributed by atoms with Gasteiger partial charge >= 0.3 is 6.18 Å². The van der Waals surface area contributed by atoms with Gasteiger partial charge < -0.3 is 20.6 Å². The van der Waals surface area contributed by atoms with Crippen molar-refractivity contribution < 1.29 is 27.9 Å². The third-order valence-electron chi connectivity index (χ3n) is 6.54. The molecule has 2 aromatic heterocycles. The fourth-order valence-corrected chi connectivity index (χ4v) is 5.76. The van der Waals surface area contributed by atoms with Crippen LogP contribution in [0.1, 0.15) is 85.7 Å². The molecule has 1 aliphatic heterocycles. The molecular formula is C25H32F3N5O3S. The highest BCUT2D eigenvalue weighted by Gasteiger charge is 2.38. The number of anilines is 1. The summed E-state index contributed by atoms with van der Waals surface area (Å²) in [5, 5.41) is 15.4. The molecule has 3 atom stereocenters. The fraction of sp³-hybridized carbons (Fsp3) is 0.600. The van der Waals surface area contributed by atoms with E-state index in [4.69, 9.17) is 0 Å². The minimum atomic E-state index is -4.74. The Kier molecular flexibility index (Phi) is 7.53. The summed E-state index contributed by atoms with van der Waals surface area (Å²) in [5.74, 6) is -1.03. The van der Waals surface area contributed by atoms with Gasteiger partial charge in [0.25, 0.3) is 11.8 Å². The SMILES string of the molecule is C[C@H]1CCCN1C(=O)c1nc(C(=O)NC2CC[C@H](O)C2)sc1-c1cnc(NC(C)(C)C)cc1C(F)(F)F. The Labute approximate surface area is 217 Å². The highest BCUT2D eigenvalue weighted by Crippen LogP contribution is 2.42. The number of pyridine rings is 1. The van der Waals surface area contributed by atoms with E-state index in [-0.39, 0.29) is 39.0 Å². The lowest BCUT2D eigenvalue weighted by Crippen LogP contribution is -2.35. The third kappa shape index (κ3) is 6.23. The zero-order valence-corrected chi connectivity index (χ0v) is 22.1. The smallest absolute Gasteiger partial charge is 0.393 e. The highest BCUT2D eigenvalue weighted by molar-refractivity contribution is 7.17. The average molecular weight is 540 g/mol. The molecule has 0 bridgehead atoms. The summed E-state index contributed by atoms with van der Waals surface area (Å²) in [6.07, 6.45) is -1.05. The van der Waals surface area contributed by atoms with E-state index in [1.807, 2.05) is 6.92 Å². The van der Waals surface area contributed by atoms with Gasteiger partial charge in [-0.25, -0.2) is 9.97 Å². The molecule has 0 radical (unpaired) electrons. The number of likely N-dealkylation sites (tertiary alicyclic amines) is 1. The van der Waals surface area contributed by atoms with Gasteiger partial charge in [0.15, 0.2) is 5.01 Å². The number of aliphatic hydroxyl groups excluding tert-OH is 1. The highest BCUT2D eigenvalue weighted by atomic mass is 32.1. The first-order chi connectivity index (χ1) is 17.2. The molecule has 3 heterocycles. The molecule has 3 N–H and O–H groups in total. The van der Waals surface area contributed by atoms with Gasteiger partial charge in [-0.15, -0.1) is 11.3 Å². The largest absolute Gasteiger partial charge is 0.417 e. The quantitative estimate of drug-likeness (QED) is 0.509. The second-order valence-electron chi connectivity index (χ2n) is 10.8. The number of halogens is 3. The lowest BCUT2D eigenvalue weighted by atomic mass is 10.1. The van der Waals surface area contributed by atoms with E-state index in [2.05, 4.69) is 20.6 Å². The number of amides is 2. The second-order valence-corrected chi connectivity index (χ2v) is 11.8. The first-order valence-corrected chi connectivity index (χ1v) is 13.2. The lowest BCUT2D eigenvalue weighted by molar-refractivity contribution is -0.137. The van der Waals surface area contributed by atoms with Crippen LogP contribution in [-0.2, 0) is 6.18 Å². The number of alkyl halides is 3. The number of aromatic nitrogens is 2. The van der Waals surface area contributed by atoms with Crippen LogP contribution in [0.5, 0.6) is 0 Å². The molecule has 4 rings (SSSR count). The molecule has 2 aliphatic rings. The summed E-state index contributed by atoms with van der Waals surface area (Å²) in [4.78, 5) is 36.5. The topological polar surface area (TPSA) is 107 Å². The number of aliphatic hydroxyl groups is 1. The molecule has 2 aromatic rings. The molecule has 12 heteroatoms. The van der Waals surface area contributed by atoms with Crippen molar-refractivity contribution in [1.82, 2.24) is 20.2 Å². The van der Waals surface area contributed by atoms with E-state index in [0.717, 1.165) is 36.4 Å². The Morgan fingerprint density at radius 2 is 1.92 bits per heavy atom. The number of thiazole rings is 1. The molecule has 2 amide bonds. The van der Waals surface area contributed by atoms with Crippen molar-refractivity contribution in [2.75, 3.05) is 11.9 Å². The van der Waals surface area contributed by atoms with Gasteiger partial charge in [-0.05, 0) is 65.9 Å². The van der Waals surface area contributed by atoms with Gasteiger partial charge in [0.05, 0.1) is 16.5 Å². The summed E-state index contributed by atoms with van der Waals surface area (Å²) in [7, 11) is 0. The normalized spacial score (nSPS) is 22.4. The predicted octanol–water partition coefficient (Wildman–Crippen LogP) is 4.70. The molecule has 0 aromatic carbocycles. The van der Waals surface area contributed by atoms with Crippen molar-refractivity contribution in [2.24, 2.45) is 0 Å². The Morgan fingerprint density at radius 1 is 1.19 bits per heavy atom. The predicted molar refractivity (Wildman–Crippen MR) is 135 cm³/mol. The number of nitrogens with zero attached hydrogens (tertiary/aromatic N) is 3. The molecule has 1 saturated carbocycles. The van der Waals surface area contributed by atoms with E-state index in [9.17, 15) is 27.9 Å². The van der Waals surface area contributed by atoms with E-state index in [1.165, 1.54) is 0 Å². The molecule has 1 saturated heterocycles. The number of carbonyl (C=O) groups excluding carboxylic acids is 2. The van der Waals surface area contributed by atoms with Crippen LogP contribution in [0.3, 0.4) is 0 Å². The van der Waals surface area contributed by atoms with Crippen molar-refractivity contribution in [3.63, 3.8) is 0 Å². The maximum absolute atomic E-state index is 14.2. The maximum atomic E-state index is 14.2. The van der Waals surface area contributed by atoms with Gasteiger partial charge in [0.1, 0.15) is 11.5 Å². The van der Waals surface area contributed by atoms with Gasteiger partial charge in [-0.1, -0.05) is 0 Å². The molecule has 2 fully saturated rings. The summed E-state index contributed by atoms with van der Waals surface area (Å²) >= 11 is 0.749. The van der Waals surface area contributed by atoms with Gasteiger partial charge in [0, 0.05) is 35.9 Å². The number of carbonyl (C=O) groups is 2. The number of hydrogen-bond acceptors (Lipinski definition) is 7. The van der Waals surface area contributed by atoms with Crippen molar-refractivity contribution in [2.45, 2.75) is 89.7 Å². The van der Waals surface area contributed by atoms with Crippen LogP contribution in [0.4, 0.5) is 19.0 Å². The molecule has 202 valence electrons. The van der Waals surface area contributed by atoms with E-state index >= 15 is 0 Å². The zero-order valence-electron chi connectivity index (χ0n) is 21.3. The Bertz CT molecular complexity index is 1180. The van der Waals surface area contributed by atoms with Crippen LogP contribution < -0.4 is 10.6 Å².